The number of nitrogen functional groups attached to an aromatic ring is 2. The van der Waals surface area contributed by atoms with Crippen molar-refractivity contribution in [3.8, 4) is 0 Å². The van der Waals surface area contributed by atoms with Crippen molar-refractivity contribution in [1.82, 2.24) is 4.98 Å². The second-order valence-electron chi connectivity index (χ2n) is 2.20. The second-order valence-corrected chi connectivity index (χ2v) is 2.20. The zero-order valence-electron chi connectivity index (χ0n) is 5.97. The normalized spacial score (nSPS) is 10.6. The Morgan fingerprint density at radius 2 is 2.00 bits per heavy atom. The summed E-state index contributed by atoms with van der Waals surface area (Å²) in [7, 11) is 0. The smallest absolute Gasteiger partial charge is 0.271 e. The molecule has 1 heterocycles. The number of anilines is 2. The summed E-state index contributed by atoms with van der Waals surface area (Å²) in [5.41, 5.74) is 8.16. The molecule has 1 rings (SSSR count). The number of H-pyrrole nitrogens is 1. The van der Waals surface area contributed by atoms with E-state index in [1.54, 1.807) is 0 Å². The van der Waals surface area contributed by atoms with Crippen LogP contribution in [0, 0.1) is 0 Å². The first-order chi connectivity index (χ1) is 5.54. The van der Waals surface area contributed by atoms with Crippen LogP contribution in [0.15, 0.2) is 11.0 Å². The summed E-state index contributed by atoms with van der Waals surface area (Å²) in [6.07, 6.45) is -1.83. The number of nitrogens with one attached hydrogen (secondary N) is 1. The number of rotatable bonds is 1. The molecule has 0 amide bonds. The van der Waals surface area contributed by atoms with Crippen LogP contribution in [0.1, 0.15) is 12.0 Å². The van der Waals surface area contributed by atoms with E-state index in [1.807, 2.05) is 0 Å². The lowest BCUT2D eigenvalue weighted by molar-refractivity contribution is 0.153. The van der Waals surface area contributed by atoms with E-state index in [1.165, 1.54) is 0 Å². The average Bonchev–Trinajstić information content (AvgIpc) is 1.97. The molecule has 0 radical (unpaired) electrons. The van der Waals surface area contributed by atoms with Crippen molar-refractivity contribution in [2.75, 3.05) is 11.5 Å². The van der Waals surface area contributed by atoms with Gasteiger partial charge in [0.25, 0.3) is 12.0 Å². The summed E-state index contributed by atoms with van der Waals surface area (Å²) in [5, 5.41) is 0. The number of hydrogen-bond donors (Lipinski definition) is 3. The molecule has 0 aromatic carbocycles. The number of hydrogen-bond acceptors (Lipinski definition) is 3. The average molecular weight is 175 g/mol. The fourth-order valence-corrected chi connectivity index (χ4v) is 0.820. The third kappa shape index (κ3) is 1.23. The number of pyridine rings is 1. The van der Waals surface area contributed by atoms with Gasteiger partial charge in [0.15, 0.2) is 0 Å². The van der Waals surface area contributed by atoms with Crippen LogP contribution >= 0.6 is 0 Å². The Labute approximate surface area is 66.2 Å². The number of nitrogens with two attached hydrogens (primary N) is 2. The monoisotopic (exact) mass is 175 g/mol. The third-order valence-corrected chi connectivity index (χ3v) is 1.42. The fourth-order valence-electron chi connectivity index (χ4n) is 0.820. The topological polar surface area (TPSA) is 84.9 Å². The lowest BCUT2D eigenvalue weighted by atomic mass is 10.2. The Balaban J connectivity index is 3.43. The molecule has 0 aliphatic rings. The van der Waals surface area contributed by atoms with Crippen LogP contribution in [0.25, 0.3) is 0 Å². The summed E-state index contributed by atoms with van der Waals surface area (Å²) in [4.78, 5) is 12.9. The zero-order chi connectivity index (χ0) is 9.30. The summed E-state index contributed by atoms with van der Waals surface area (Å²) in [6, 6.07) is 0. The maximum atomic E-state index is 12.2. The molecule has 12 heavy (non-hydrogen) atoms. The van der Waals surface area contributed by atoms with Gasteiger partial charge in [-0.1, -0.05) is 0 Å². The van der Waals surface area contributed by atoms with E-state index in [0.717, 1.165) is 6.20 Å². The first-order valence-corrected chi connectivity index (χ1v) is 3.08. The van der Waals surface area contributed by atoms with E-state index in [0.29, 0.717) is 0 Å². The highest BCUT2D eigenvalue weighted by atomic mass is 19.3. The molecule has 1 aromatic rings. The molecular formula is C6H7F2N3O. The van der Waals surface area contributed by atoms with Gasteiger partial charge in [0.2, 0.25) is 0 Å². The molecule has 0 saturated carbocycles. The van der Waals surface area contributed by atoms with E-state index in [9.17, 15) is 13.6 Å². The van der Waals surface area contributed by atoms with Gasteiger partial charge in [-0.2, -0.15) is 0 Å². The standard InChI is InChI=1S/C6H7F2N3O/c7-5(8)3-2(9)1-11-6(12)4(3)10/h1,5H,9-10H2,(H,11,12). The molecule has 0 bridgehead atoms. The van der Waals surface area contributed by atoms with Crippen LogP contribution in [-0.4, -0.2) is 4.98 Å². The largest absolute Gasteiger partial charge is 0.397 e. The third-order valence-electron chi connectivity index (χ3n) is 1.42. The van der Waals surface area contributed by atoms with Crippen LogP contribution in [0.4, 0.5) is 20.2 Å². The minimum atomic E-state index is -2.83. The number of aromatic amines is 1. The number of aromatic nitrogens is 1. The summed E-state index contributed by atoms with van der Waals surface area (Å²) < 4.78 is 24.3. The van der Waals surface area contributed by atoms with Gasteiger partial charge in [-0.05, 0) is 0 Å². The van der Waals surface area contributed by atoms with Gasteiger partial charge in [-0.15, -0.1) is 0 Å². The minimum Gasteiger partial charge on any atom is -0.397 e. The van der Waals surface area contributed by atoms with Gasteiger partial charge >= 0.3 is 0 Å². The highest BCUT2D eigenvalue weighted by molar-refractivity contribution is 5.59. The first kappa shape index (κ1) is 8.51. The number of alkyl halides is 2. The van der Waals surface area contributed by atoms with Gasteiger partial charge < -0.3 is 16.5 Å². The van der Waals surface area contributed by atoms with E-state index in [-0.39, 0.29) is 5.69 Å². The molecule has 0 spiro atoms. The minimum absolute atomic E-state index is 0.206. The van der Waals surface area contributed by atoms with Crippen molar-refractivity contribution in [1.29, 1.82) is 0 Å². The molecule has 0 atom stereocenters. The number of halogens is 2. The Kier molecular flexibility index (Phi) is 1.99. The molecule has 5 N–H and O–H groups in total. The molecule has 0 fully saturated rings. The molecule has 66 valence electrons. The van der Waals surface area contributed by atoms with Gasteiger partial charge in [0, 0.05) is 6.20 Å². The zero-order valence-corrected chi connectivity index (χ0v) is 5.97. The molecular weight excluding hydrogens is 168 g/mol. The van der Waals surface area contributed by atoms with Crippen LogP contribution in [0.2, 0.25) is 0 Å². The van der Waals surface area contributed by atoms with Gasteiger partial charge in [0.05, 0.1) is 11.3 Å². The molecule has 4 nitrogen and oxygen atoms in total. The van der Waals surface area contributed by atoms with Crippen LogP contribution < -0.4 is 17.0 Å². The SMILES string of the molecule is Nc1c[nH]c(=O)c(N)c1C(F)F. The van der Waals surface area contributed by atoms with Crippen LogP contribution in [0.3, 0.4) is 0 Å². The van der Waals surface area contributed by atoms with Crippen LogP contribution in [-0.2, 0) is 0 Å². The first-order valence-electron chi connectivity index (χ1n) is 3.08. The van der Waals surface area contributed by atoms with E-state index < -0.39 is 23.2 Å². The van der Waals surface area contributed by atoms with Crippen molar-refractivity contribution in [3.63, 3.8) is 0 Å². The van der Waals surface area contributed by atoms with E-state index in [2.05, 4.69) is 4.98 Å². The summed E-state index contributed by atoms with van der Waals surface area (Å²) >= 11 is 0. The lowest BCUT2D eigenvalue weighted by Gasteiger charge is -2.05. The maximum Gasteiger partial charge on any atom is 0.271 e. The Hall–Kier alpha value is -1.59. The Morgan fingerprint density at radius 3 is 2.42 bits per heavy atom. The lowest BCUT2D eigenvalue weighted by Crippen LogP contribution is -2.16. The van der Waals surface area contributed by atoms with E-state index >= 15 is 0 Å². The highest BCUT2D eigenvalue weighted by Crippen LogP contribution is 2.26. The van der Waals surface area contributed by atoms with Crippen molar-refractivity contribution in [2.24, 2.45) is 0 Å². The van der Waals surface area contributed by atoms with Crippen molar-refractivity contribution >= 4 is 11.4 Å². The summed E-state index contributed by atoms with van der Waals surface area (Å²) in [5.74, 6) is 0. The highest BCUT2D eigenvalue weighted by Gasteiger charge is 2.16. The van der Waals surface area contributed by atoms with Crippen molar-refractivity contribution in [3.05, 3.63) is 22.1 Å². The predicted octanol–water partition coefficient (Wildman–Crippen LogP) is 0.477. The maximum absolute atomic E-state index is 12.2. The van der Waals surface area contributed by atoms with Crippen LogP contribution in [0.5, 0.6) is 0 Å². The molecule has 0 aliphatic carbocycles. The predicted molar refractivity (Wildman–Crippen MR) is 40.8 cm³/mol. The van der Waals surface area contributed by atoms with Crippen molar-refractivity contribution < 1.29 is 8.78 Å². The molecule has 1 aromatic heterocycles. The quantitative estimate of drug-likeness (QED) is 0.580. The van der Waals surface area contributed by atoms with Gasteiger partial charge in [-0.3, -0.25) is 4.79 Å². The molecule has 6 heteroatoms. The second kappa shape index (κ2) is 2.80. The molecule has 0 unspecified atom stereocenters. The van der Waals surface area contributed by atoms with Gasteiger partial charge in [-0.25, -0.2) is 8.78 Å². The Morgan fingerprint density at radius 1 is 1.42 bits per heavy atom. The van der Waals surface area contributed by atoms with Gasteiger partial charge in [0.1, 0.15) is 5.69 Å². The van der Waals surface area contributed by atoms with E-state index in [4.69, 9.17) is 11.5 Å². The summed E-state index contributed by atoms with van der Waals surface area (Å²) in [6.45, 7) is 0. The van der Waals surface area contributed by atoms with Crippen molar-refractivity contribution in [2.45, 2.75) is 6.43 Å². The fraction of sp³-hybridized carbons (Fsp3) is 0.167. The molecule has 0 aliphatic heterocycles. The Bertz CT molecular complexity index is 347. The molecule has 0 saturated heterocycles.